The fraction of sp³-hybridized carbons (Fsp3) is 0.571. The lowest BCUT2D eigenvalue weighted by Crippen LogP contribution is -2.36. The van der Waals surface area contributed by atoms with Crippen LogP contribution in [-0.2, 0) is 10.0 Å². The van der Waals surface area contributed by atoms with Crippen molar-refractivity contribution in [2.24, 2.45) is 0 Å². The molecule has 20 heavy (non-hydrogen) atoms. The fourth-order valence-corrected chi connectivity index (χ4v) is 4.70. The van der Waals surface area contributed by atoms with Gasteiger partial charge in [0, 0.05) is 13.1 Å². The minimum atomic E-state index is -3.47. The van der Waals surface area contributed by atoms with Crippen LogP contribution in [0.1, 0.15) is 30.4 Å². The summed E-state index contributed by atoms with van der Waals surface area (Å²) in [6.45, 7) is 4.70. The van der Waals surface area contributed by atoms with E-state index >= 15 is 0 Å². The van der Waals surface area contributed by atoms with E-state index in [0.717, 1.165) is 19.3 Å². The summed E-state index contributed by atoms with van der Waals surface area (Å²) in [6.07, 6.45) is 2.93. The quantitative estimate of drug-likeness (QED) is 0.867. The Hall–Kier alpha value is -1.27. The van der Waals surface area contributed by atoms with Crippen LogP contribution >= 0.6 is 0 Å². The van der Waals surface area contributed by atoms with Gasteiger partial charge in [-0.25, -0.2) is 8.42 Å². The summed E-state index contributed by atoms with van der Waals surface area (Å²) in [6, 6.07) is 1.69. The molecule has 2 rings (SSSR count). The zero-order chi connectivity index (χ0) is 14.9. The average Bonchev–Trinajstić information content (AvgIpc) is 2.43. The van der Waals surface area contributed by atoms with E-state index in [-0.39, 0.29) is 0 Å². The Labute approximate surface area is 120 Å². The first kappa shape index (κ1) is 15.1. The predicted molar refractivity (Wildman–Crippen MR) is 79.5 cm³/mol. The van der Waals surface area contributed by atoms with Crippen LogP contribution in [0.15, 0.2) is 11.0 Å². The summed E-state index contributed by atoms with van der Waals surface area (Å²) in [4.78, 5) is 0.331. The van der Waals surface area contributed by atoms with Gasteiger partial charge in [0.05, 0.1) is 17.7 Å². The first-order chi connectivity index (χ1) is 9.39. The SMILES string of the molecule is COc1cc(C)c(S(=O)(=O)N2CCCCC2)c(C)c1N. The first-order valence-corrected chi connectivity index (χ1v) is 8.27. The molecular formula is C14H22N2O3S. The number of hydrogen-bond acceptors (Lipinski definition) is 4. The van der Waals surface area contributed by atoms with Crippen molar-refractivity contribution in [3.63, 3.8) is 0 Å². The van der Waals surface area contributed by atoms with Crippen molar-refractivity contribution in [2.75, 3.05) is 25.9 Å². The van der Waals surface area contributed by atoms with Gasteiger partial charge in [0.15, 0.2) is 0 Å². The molecule has 0 bridgehead atoms. The van der Waals surface area contributed by atoms with Gasteiger partial charge in [-0.15, -0.1) is 0 Å². The number of hydrogen-bond donors (Lipinski definition) is 1. The first-order valence-electron chi connectivity index (χ1n) is 6.83. The van der Waals surface area contributed by atoms with Gasteiger partial charge in [-0.3, -0.25) is 0 Å². The fourth-order valence-electron chi connectivity index (χ4n) is 2.74. The molecule has 1 saturated heterocycles. The Kier molecular flexibility index (Phi) is 4.25. The lowest BCUT2D eigenvalue weighted by molar-refractivity contribution is 0.346. The maximum absolute atomic E-state index is 12.8. The highest BCUT2D eigenvalue weighted by Gasteiger charge is 2.30. The van der Waals surface area contributed by atoms with Crippen molar-refractivity contribution >= 4 is 15.7 Å². The molecular weight excluding hydrogens is 276 g/mol. The molecule has 2 N–H and O–H groups in total. The molecule has 112 valence electrons. The lowest BCUT2D eigenvalue weighted by Gasteiger charge is -2.28. The largest absolute Gasteiger partial charge is 0.495 e. The summed E-state index contributed by atoms with van der Waals surface area (Å²) < 4.78 is 32.4. The van der Waals surface area contributed by atoms with E-state index in [9.17, 15) is 8.42 Å². The summed E-state index contributed by atoms with van der Waals surface area (Å²) in [5.74, 6) is 0.526. The van der Waals surface area contributed by atoms with Crippen molar-refractivity contribution < 1.29 is 13.2 Å². The van der Waals surface area contributed by atoms with Crippen LogP contribution in [0.25, 0.3) is 0 Å². The number of rotatable bonds is 3. The maximum atomic E-state index is 12.8. The van der Waals surface area contributed by atoms with E-state index in [1.165, 1.54) is 7.11 Å². The third kappa shape index (κ3) is 2.50. The topological polar surface area (TPSA) is 72.6 Å². The second-order valence-corrected chi connectivity index (χ2v) is 7.10. The van der Waals surface area contributed by atoms with E-state index in [1.807, 2.05) is 0 Å². The highest BCUT2D eigenvalue weighted by molar-refractivity contribution is 7.89. The molecule has 0 aliphatic carbocycles. The molecule has 0 radical (unpaired) electrons. The molecule has 0 spiro atoms. The number of aryl methyl sites for hydroxylation is 1. The van der Waals surface area contributed by atoms with Crippen molar-refractivity contribution in [3.05, 3.63) is 17.2 Å². The molecule has 1 aromatic carbocycles. The van der Waals surface area contributed by atoms with E-state index in [1.54, 1.807) is 24.2 Å². The molecule has 1 fully saturated rings. The van der Waals surface area contributed by atoms with Gasteiger partial charge in [-0.05, 0) is 43.9 Å². The monoisotopic (exact) mass is 298 g/mol. The number of nitrogen functional groups attached to an aromatic ring is 1. The van der Waals surface area contributed by atoms with Crippen LogP contribution in [0.3, 0.4) is 0 Å². The predicted octanol–water partition coefficient (Wildman–Crippen LogP) is 2.07. The van der Waals surface area contributed by atoms with Gasteiger partial charge in [-0.1, -0.05) is 6.42 Å². The third-order valence-electron chi connectivity index (χ3n) is 3.85. The average molecular weight is 298 g/mol. The Morgan fingerprint density at radius 2 is 1.80 bits per heavy atom. The number of piperidine rings is 1. The minimum Gasteiger partial charge on any atom is -0.495 e. The van der Waals surface area contributed by atoms with E-state index in [0.29, 0.717) is 40.5 Å². The summed E-state index contributed by atoms with van der Waals surface area (Å²) >= 11 is 0. The smallest absolute Gasteiger partial charge is 0.243 e. The van der Waals surface area contributed by atoms with E-state index < -0.39 is 10.0 Å². The number of benzene rings is 1. The summed E-state index contributed by atoms with van der Waals surface area (Å²) in [5.41, 5.74) is 7.63. The van der Waals surface area contributed by atoms with Crippen LogP contribution in [0, 0.1) is 13.8 Å². The van der Waals surface area contributed by atoms with Crippen LogP contribution < -0.4 is 10.5 Å². The number of sulfonamides is 1. The standard InChI is InChI=1S/C14H22N2O3S/c1-10-9-12(19-3)13(15)11(2)14(10)20(17,18)16-7-5-4-6-8-16/h9H,4-8,15H2,1-3H3. The van der Waals surface area contributed by atoms with Gasteiger partial charge < -0.3 is 10.5 Å². The highest BCUT2D eigenvalue weighted by Crippen LogP contribution is 2.35. The second kappa shape index (κ2) is 5.61. The van der Waals surface area contributed by atoms with Crippen molar-refractivity contribution in [2.45, 2.75) is 38.0 Å². The minimum absolute atomic E-state index is 0.331. The van der Waals surface area contributed by atoms with Crippen LogP contribution in [0.5, 0.6) is 5.75 Å². The van der Waals surface area contributed by atoms with E-state index in [2.05, 4.69) is 0 Å². The Morgan fingerprint density at radius 3 is 2.35 bits per heavy atom. The molecule has 0 saturated carbocycles. The van der Waals surface area contributed by atoms with Gasteiger partial charge in [-0.2, -0.15) is 4.31 Å². The van der Waals surface area contributed by atoms with Gasteiger partial charge >= 0.3 is 0 Å². The number of nitrogens with zero attached hydrogens (tertiary/aromatic N) is 1. The molecule has 0 aromatic heterocycles. The molecule has 1 aromatic rings. The lowest BCUT2D eigenvalue weighted by atomic mass is 10.1. The van der Waals surface area contributed by atoms with Crippen molar-refractivity contribution in [3.8, 4) is 5.75 Å². The highest BCUT2D eigenvalue weighted by atomic mass is 32.2. The van der Waals surface area contributed by atoms with Gasteiger partial charge in [0.1, 0.15) is 5.75 Å². The Morgan fingerprint density at radius 1 is 1.20 bits per heavy atom. The molecule has 6 heteroatoms. The zero-order valence-electron chi connectivity index (χ0n) is 12.3. The second-order valence-electron chi connectivity index (χ2n) is 5.23. The third-order valence-corrected chi connectivity index (χ3v) is 6.04. The van der Waals surface area contributed by atoms with Gasteiger partial charge in [0.2, 0.25) is 10.0 Å². The van der Waals surface area contributed by atoms with Crippen molar-refractivity contribution in [1.29, 1.82) is 0 Å². The molecule has 0 amide bonds. The summed E-state index contributed by atoms with van der Waals surface area (Å²) in [5, 5.41) is 0. The maximum Gasteiger partial charge on any atom is 0.243 e. The molecule has 1 heterocycles. The molecule has 0 atom stereocenters. The number of anilines is 1. The normalized spacial score (nSPS) is 17.1. The molecule has 1 aliphatic rings. The zero-order valence-corrected chi connectivity index (χ0v) is 13.1. The van der Waals surface area contributed by atoms with Crippen LogP contribution in [0.2, 0.25) is 0 Å². The summed E-state index contributed by atoms with van der Waals surface area (Å²) in [7, 11) is -1.94. The molecule has 0 unspecified atom stereocenters. The van der Waals surface area contributed by atoms with Crippen molar-refractivity contribution in [1.82, 2.24) is 4.31 Å². The number of methoxy groups -OCH3 is 1. The Balaban J connectivity index is 2.54. The van der Waals surface area contributed by atoms with Crippen LogP contribution in [-0.4, -0.2) is 32.9 Å². The number of ether oxygens (including phenoxy) is 1. The number of nitrogens with two attached hydrogens (primary N) is 1. The van der Waals surface area contributed by atoms with Crippen LogP contribution in [0.4, 0.5) is 5.69 Å². The Bertz CT molecular complexity index is 605. The van der Waals surface area contributed by atoms with Gasteiger partial charge in [0.25, 0.3) is 0 Å². The molecule has 1 aliphatic heterocycles. The van der Waals surface area contributed by atoms with E-state index in [4.69, 9.17) is 10.5 Å². The molecule has 5 nitrogen and oxygen atoms in total.